The van der Waals surface area contributed by atoms with Crippen LogP contribution in [-0.2, 0) is 13.1 Å². The van der Waals surface area contributed by atoms with Crippen molar-refractivity contribution in [2.24, 2.45) is 0 Å². The number of rotatable bonds is 8. The van der Waals surface area contributed by atoms with Gasteiger partial charge in [0.25, 0.3) is 0 Å². The van der Waals surface area contributed by atoms with Gasteiger partial charge in [0.1, 0.15) is 0 Å². The van der Waals surface area contributed by atoms with Gasteiger partial charge in [-0.15, -0.1) is 0 Å². The standard InChI is InChI=1S/C17H25ClN2/c1-3-5-6-7-10-20-13-14(12-19-4-2)16-9-8-15(18)11-17(16)20/h8-9,11,13,19H,3-7,10,12H2,1-2H3. The van der Waals surface area contributed by atoms with Crippen LogP contribution in [0.2, 0.25) is 5.02 Å². The fourth-order valence-corrected chi connectivity index (χ4v) is 2.80. The SMILES string of the molecule is CCCCCCn1cc(CNCC)c2ccc(Cl)cc21. The van der Waals surface area contributed by atoms with Crippen LogP contribution in [0.5, 0.6) is 0 Å². The van der Waals surface area contributed by atoms with E-state index in [9.17, 15) is 0 Å². The zero-order valence-electron chi connectivity index (χ0n) is 12.6. The van der Waals surface area contributed by atoms with Gasteiger partial charge in [-0.25, -0.2) is 0 Å². The Morgan fingerprint density at radius 3 is 2.75 bits per heavy atom. The van der Waals surface area contributed by atoms with Crippen molar-refractivity contribution in [3.8, 4) is 0 Å². The Kier molecular flexibility index (Phi) is 5.93. The first-order valence-electron chi connectivity index (χ1n) is 7.74. The Labute approximate surface area is 127 Å². The number of fused-ring (bicyclic) bond motifs is 1. The molecule has 1 aromatic heterocycles. The lowest BCUT2D eigenvalue weighted by Crippen LogP contribution is -2.11. The van der Waals surface area contributed by atoms with Crippen molar-refractivity contribution in [1.82, 2.24) is 9.88 Å². The Hall–Kier alpha value is -0.990. The molecule has 110 valence electrons. The number of aromatic nitrogens is 1. The maximum absolute atomic E-state index is 6.16. The minimum absolute atomic E-state index is 0.820. The molecule has 2 nitrogen and oxygen atoms in total. The molecular weight excluding hydrogens is 268 g/mol. The van der Waals surface area contributed by atoms with Crippen LogP contribution in [0.3, 0.4) is 0 Å². The van der Waals surface area contributed by atoms with E-state index in [2.05, 4.69) is 42.1 Å². The second kappa shape index (κ2) is 7.70. The van der Waals surface area contributed by atoms with Crippen molar-refractivity contribution in [3.63, 3.8) is 0 Å². The Balaban J connectivity index is 2.20. The molecule has 0 fully saturated rings. The Bertz CT molecular complexity index is 545. The summed E-state index contributed by atoms with van der Waals surface area (Å²) in [5.41, 5.74) is 2.64. The predicted molar refractivity (Wildman–Crippen MR) is 88.5 cm³/mol. The maximum atomic E-state index is 6.16. The number of nitrogens with zero attached hydrogens (tertiary/aromatic N) is 1. The normalized spacial score (nSPS) is 11.3. The monoisotopic (exact) mass is 292 g/mol. The highest BCUT2D eigenvalue weighted by atomic mass is 35.5. The highest BCUT2D eigenvalue weighted by Gasteiger charge is 2.08. The summed E-state index contributed by atoms with van der Waals surface area (Å²) in [7, 11) is 0. The third kappa shape index (κ3) is 3.77. The number of aryl methyl sites for hydroxylation is 1. The van der Waals surface area contributed by atoms with Gasteiger partial charge in [-0.1, -0.05) is 50.8 Å². The quantitative estimate of drug-likeness (QED) is 0.679. The lowest BCUT2D eigenvalue weighted by molar-refractivity contribution is 0.592. The third-order valence-corrected chi connectivity index (χ3v) is 3.98. The molecule has 3 heteroatoms. The van der Waals surface area contributed by atoms with Crippen LogP contribution < -0.4 is 5.32 Å². The van der Waals surface area contributed by atoms with Crippen molar-refractivity contribution < 1.29 is 0 Å². The number of halogens is 1. The lowest BCUT2D eigenvalue weighted by atomic mass is 10.2. The average molecular weight is 293 g/mol. The van der Waals surface area contributed by atoms with E-state index >= 15 is 0 Å². The van der Waals surface area contributed by atoms with Crippen LogP contribution in [0.15, 0.2) is 24.4 Å². The second-order valence-corrected chi connectivity index (χ2v) is 5.79. The molecule has 0 spiro atoms. The summed E-state index contributed by atoms with van der Waals surface area (Å²) in [6.07, 6.45) is 7.44. The van der Waals surface area contributed by atoms with E-state index in [-0.39, 0.29) is 0 Å². The molecule has 1 heterocycles. The highest BCUT2D eigenvalue weighted by molar-refractivity contribution is 6.31. The number of unbranched alkanes of at least 4 members (excludes halogenated alkanes) is 3. The van der Waals surface area contributed by atoms with E-state index < -0.39 is 0 Å². The van der Waals surface area contributed by atoms with E-state index in [0.717, 1.165) is 24.7 Å². The van der Waals surface area contributed by atoms with Crippen LogP contribution in [0.25, 0.3) is 10.9 Å². The van der Waals surface area contributed by atoms with Gasteiger partial charge in [0, 0.05) is 35.2 Å². The largest absolute Gasteiger partial charge is 0.347 e. The molecule has 1 aromatic carbocycles. The molecule has 1 N–H and O–H groups in total. The molecule has 0 radical (unpaired) electrons. The molecule has 0 unspecified atom stereocenters. The Morgan fingerprint density at radius 2 is 2.00 bits per heavy atom. The summed E-state index contributed by atoms with van der Waals surface area (Å²) < 4.78 is 2.36. The lowest BCUT2D eigenvalue weighted by Gasteiger charge is -2.05. The van der Waals surface area contributed by atoms with Gasteiger partial charge in [-0.2, -0.15) is 0 Å². The molecule has 2 rings (SSSR count). The smallest absolute Gasteiger partial charge is 0.0498 e. The number of hydrogen-bond donors (Lipinski definition) is 1. The topological polar surface area (TPSA) is 17.0 Å². The van der Waals surface area contributed by atoms with Crippen LogP contribution >= 0.6 is 11.6 Å². The van der Waals surface area contributed by atoms with E-state index in [1.807, 2.05) is 6.07 Å². The molecule has 0 saturated heterocycles. The minimum atomic E-state index is 0.820. The summed E-state index contributed by atoms with van der Waals surface area (Å²) in [4.78, 5) is 0. The first-order valence-corrected chi connectivity index (χ1v) is 8.12. The van der Waals surface area contributed by atoms with Crippen molar-refractivity contribution in [1.29, 1.82) is 0 Å². The number of nitrogens with one attached hydrogen (secondary N) is 1. The van der Waals surface area contributed by atoms with Crippen molar-refractivity contribution in [2.75, 3.05) is 6.54 Å². The van der Waals surface area contributed by atoms with Crippen LogP contribution in [0.4, 0.5) is 0 Å². The van der Waals surface area contributed by atoms with Gasteiger partial charge in [0.05, 0.1) is 0 Å². The predicted octanol–water partition coefficient (Wildman–Crippen LogP) is 4.98. The van der Waals surface area contributed by atoms with Crippen LogP contribution in [-0.4, -0.2) is 11.1 Å². The molecule has 0 amide bonds. The van der Waals surface area contributed by atoms with E-state index in [1.54, 1.807) is 0 Å². The van der Waals surface area contributed by atoms with Gasteiger partial charge in [-0.05, 0) is 30.7 Å². The van der Waals surface area contributed by atoms with Crippen molar-refractivity contribution in [2.45, 2.75) is 52.6 Å². The van der Waals surface area contributed by atoms with Gasteiger partial charge in [0.15, 0.2) is 0 Å². The van der Waals surface area contributed by atoms with E-state index in [0.29, 0.717) is 0 Å². The molecule has 0 atom stereocenters. The molecule has 0 aliphatic carbocycles. The molecule has 0 aliphatic rings. The van der Waals surface area contributed by atoms with E-state index in [1.165, 1.54) is 42.1 Å². The van der Waals surface area contributed by atoms with Gasteiger partial charge in [0.2, 0.25) is 0 Å². The Morgan fingerprint density at radius 1 is 1.15 bits per heavy atom. The maximum Gasteiger partial charge on any atom is 0.0498 e. The summed E-state index contributed by atoms with van der Waals surface area (Å²) in [5, 5.41) is 5.56. The van der Waals surface area contributed by atoms with Crippen molar-refractivity contribution >= 4 is 22.5 Å². The van der Waals surface area contributed by atoms with Gasteiger partial charge < -0.3 is 9.88 Å². The number of hydrogen-bond acceptors (Lipinski definition) is 1. The molecule has 0 bridgehead atoms. The molecule has 0 saturated carbocycles. The third-order valence-electron chi connectivity index (χ3n) is 3.74. The second-order valence-electron chi connectivity index (χ2n) is 5.35. The zero-order valence-corrected chi connectivity index (χ0v) is 13.3. The first kappa shape index (κ1) is 15.4. The van der Waals surface area contributed by atoms with Gasteiger partial charge >= 0.3 is 0 Å². The summed E-state index contributed by atoms with van der Waals surface area (Å²) in [5.74, 6) is 0. The summed E-state index contributed by atoms with van der Waals surface area (Å²) in [6, 6.07) is 6.22. The highest BCUT2D eigenvalue weighted by Crippen LogP contribution is 2.25. The fraction of sp³-hybridized carbons (Fsp3) is 0.529. The summed E-state index contributed by atoms with van der Waals surface area (Å²) in [6.45, 7) is 7.40. The van der Waals surface area contributed by atoms with Crippen LogP contribution in [0.1, 0.15) is 45.1 Å². The average Bonchev–Trinajstić information content (AvgIpc) is 2.79. The molecule has 0 aliphatic heterocycles. The zero-order chi connectivity index (χ0) is 14.4. The summed E-state index contributed by atoms with van der Waals surface area (Å²) >= 11 is 6.16. The first-order chi connectivity index (χ1) is 9.76. The minimum Gasteiger partial charge on any atom is -0.347 e. The number of benzene rings is 1. The molecular formula is C17H25ClN2. The molecule has 20 heavy (non-hydrogen) atoms. The van der Waals surface area contributed by atoms with Crippen molar-refractivity contribution in [3.05, 3.63) is 35.0 Å². The van der Waals surface area contributed by atoms with Crippen LogP contribution in [0, 0.1) is 0 Å². The van der Waals surface area contributed by atoms with E-state index in [4.69, 9.17) is 11.6 Å². The van der Waals surface area contributed by atoms with Gasteiger partial charge in [-0.3, -0.25) is 0 Å². The molecule has 2 aromatic rings. The fourth-order valence-electron chi connectivity index (χ4n) is 2.64.